The molecule has 1 aliphatic heterocycles. The van der Waals surface area contributed by atoms with Gasteiger partial charge in [-0.05, 0) is 44.0 Å². The number of rotatable bonds is 9. The fraction of sp³-hybridized carbons (Fsp3) is 0.591. The molecule has 0 unspecified atom stereocenters. The average molecular weight is 616 g/mol. The number of piperidine rings is 1. The van der Waals surface area contributed by atoms with Crippen molar-refractivity contribution in [1.82, 2.24) is 15.0 Å². The third-order valence-electron chi connectivity index (χ3n) is 5.36. The summed E-state index contributed by atoms with van der Waals surface area (Å²) in [5.41, 5.74) is 8.46. The Kier molecular flexibility index (Phi) is 13.1. The van der Waals surface area contributed by atoms with Crippen LogP contribution in [0.2, 0.25) is 0 Å². The van der Waals surface area contributed by atoms with Crippen molar-refractivity contribution in [2.24, 2.45) is 0 Å². The van der Waals surface area contributed by atoms with Crippen molar-refractivity contribution < 1.29 is 40.2 Å². The van der Waals surface area contributed by atoms with Crippen molar-refractivity contribution in [2.75, 3.05) is 44.7 Å². The number of benzene rings is 1. The molecule has 10 heteroatoms. The van der Waals surface area contributed by atoms with Crippen LogP contribution in [-0.4, -0.2) is 72.5 Å². The van der Waals surface area contributed by atoms with Crippen LogP contribution in [0, 0.1) is 0 Å². The van der Waals surface area contributed by atoms with E-state index in [1.54, 1.807) is 0 Å². The van der Waals surface area contributed by atoms with E-state index in [4.69, 9.17) is 24.9 Å². The van der Waals surface area contributed by atoms with Gasteiger partial charge in [-0.1, -0.05) is 31.1 Å². The summed E-state index contributed by atoms with van der Waals surface area (Å²) in [7, 11) is 2.17. The molecule has 0 spiro atoms. The average Bonchev–Trinajstić information content (AvgIpc) is 3.27. The largest absolute Gasteiger partial charge is 0.677 e. The van der Waals surface area contributed by atoms with E-state index in [1.165, 1.54) is 5.56 Å². The van der Waals surface area contributed by atoms with Crippen molar-refractivity contribution >= 4 is 12.5 Å². The summed E-state index contributed by atoms with van der Waals surface area (Å²) in [6.07, 6.45) is 2.96. The van der Waals surface area contributed by atoms with E-state index < -0.39 is 0 Å². The van der Waals surface area contributed by atoms with E-state index in [0.29, 0.717) is 25.2 Å². The number of hydrogen-bond donors (Lipinski definition) is 1. The van der Waals surface area contributed by atoms with Crippen LogP contribution in [0.15, 0.2) is 28.8 Å². The van der Waals surface area contributed by atoms with Crippen LogP contribution in [-0.2, 0) is 32.3 Å². The number of hydrogen-bond acceptors (Lipinski definition) is 7. The summed E-state index contributed by atoms with van der Waals surface area (Å²) < 4.78 is 11.3. The van der Waals surface area contributed by atoms with Crippen LogP contribution in [0.3, 0.4) is 0 Å². The molecule has 1 saturated heterocycles. The first-order chi connectivity index (χ1) is 15.0. The van der Waals surface area contributed by atoms with Crippen molar-refractivity contribution in [2.45, 2.75) is 45.1 Å². The third-order valence-corrected chi connectivity index (χ3v) is 5.36. The molecule has 0 aliphatic carbocycles. The Labute approximate surface area is 204 Å². The number of ether oxygens (including phenoxy) is 1. The molecule has 2 aromatic rings. The number of aromatic nitrogens is 2. The van der Waals surface area contributed by atoms with Crippen molar-refractivity contribution in [3.05, 3.63) is 41.4 Å². The first-order valence-corrected chi connectivity index (χ1v) is 10.7. The van der Waals surface area contributed by atoms with E-state index in [9.17, 15) is 0 Å². The summed E-state index contributed by atoms with van der Waals surface area (Å²) in [4.78, 5) is 17.5. The number of carbonyl (C=O) groups is 1. The number of nitrogens with one attached hydrogen (secondary N) is 1. The van der Waals surface area contributed by atoms with Crippen LogP contribution in [0.1, 0.15) is 44.0 Å². The molecular weight excluding hydrogens is 582 g/mol. The molecule has 0 saturated carbocycles. The van der Waals surface area contributed by atoms with E-state index >= 15 is 0 Å². The van der Waals surface area contributed by atoms with Gasteiger partial charge in [-0.25, -0.2) is 0 Å². The Balaban J connectivity index is 0.00000121. The van der Waals surface area contributed by atoms with Gasteiger partial charge in [0, 0.05) is 52.7 Å². The van der Waals surface area contributed by atoms with Gasteiger partial charge in [0.05, 0.1) is 0 Å². The fourth-order valence-corrected chi connectivity index (χ4v) is 3.47. The Hall–Kier alpha value is -1.96. The minimum Gasteiger partial charge on any atom is -0.677 e. The second kappa shape index (κ2) is 15.0. The minimum absolute atomic E-state index is 0. The van der Waals surface area contributed by atoms with Crippen molar-refractivity contribution in [3.63, 3.8) is 0 Å². The molecule has 32 heavy (non-hydrogen) atoms. The predicted molar refractivity (Wildman–Crippen MR) is 120 cm³/mol. The van der Waals surface area contributed by atoms with E-state index in [2.05, 4.69) is 40.8 Å². The maximum Gasteiger partial charge on any atom is 0.324 e. The van der Waals surface area contributed by atoms with E-state index in [-0.39, 0.29) is 33.5 Å². The molecule has 1 aliphatic rings. The molecule has 0 atom stereocenters. The smallest absolute Gasteiger partial charge is 0.324 e. The van der Waals surface area contributed by atoms with Gasteiger partial charge in [-0.3, -0.25) is 9.69 Å². The molecule has 178 valence electrons. The van der Waals surface area contributed by atoms with E-state index in [0.717, 1.165) is 50.5 Å². The Morgan fingerprint density at radius 3 is 2.47 bits per heavy atom. The maximum atomic E-state index is 8.36. The van der Waals surface area contributed by atoms with Gasteiger partial charge in [-0.15, -0.1) is 6.54 Å². The monoisotopic (exact) mass is 616 g/mol. The Bertz CT molecular complexity index is 764. The van der Waals surface area contributed by atoms with Gasteiger partial charge in [0.2, 0.25) is 0 Å². The molecular formula is C22H34N5O4W-. The number of nitrogens with zero attached hydrogens (tertiary/aromatic N) is 4. The van der Waals surface area contributed by atoms with Gasteiger partial charge in [0.15, 0.2) is 5.82 Å². The van der Waals surface area contributed by atoms with Crippen LogP contribution in [0.25, 0.3) is 5.73 Å². The molecule has 1 aromatic carbocycles. The fourth-order valence-electron chi connectivity index (χ4n) is 3.47. The van der Waals surface area contributed by atoms with Crippen LogP contribution < -0.4 is 9.64 Å². The summed E-state index contributed by atoms with van der Waals surface area (Å²) in [5, 5.41) is 11.0. The second-order valence-corrected chi connectivity index (χ2v) is 7.89. The zero-order valence-corrected chi connectivity index (χ0v) is 22.0. The summed E-state index contributed by atoms with van der Waals surface area (Å²) in [6.45, 7) is 7.77. The first kappa shape index (κ1) is 28.1. The predicted octanol–water partition coefficient (Wildman–Crippen LogP) is 3.47. The second-order valence-electron chi connectivity index (χ2n) is 7.89. The van der Waals surface area contributed by atoms with Crippen molar-refractivity contribution in [1.29, 1.82) is 0 Å². The zero-order chi connectivity index (χ0) is 22.6. The first-order valence-electron chi connectivity index (χ1n) is 10.7. The zero-order valence-electron chi connectivity index (χ0n) is 19.1. The molecule has 0 bridgehead atoms. The molecule has 2 N–H and O–H groups in total. The molecule has 0 amide bonds. The number of likely N-dealkylation sites (N-methyl/N-ethyl adjacent to an activating group) is 1. The standard InChI is InChI=1S/C21H32N5O2.CH2O2.W/c1-16(2)20-23-21(28-24-20)26-12-9-18(10-13-26)25(3)14-15-27-19-6-4-17(5-7-19)8-11-22;2-1-3;/h4-7,16,18,22H,8-15H2,1-3H3;1H,(H,2,3);/q-1;;. The summed E-state index contributed by atoms with van der Waals surface area (Å²) >= 11 is 0. The molecule has 9 nitrogen and oxygen atoms in total. The maximum absolute atomic E-state index is 8.36. The minimum atomic E-state index is -0.250. The Morgan fingerprint density at radius 1 is 1.31 bits per heavy atom. The topological polar surface area (TPSA) is 116 Å². The van der Waals surface area contributed by atoms with Crippen LogP contribution >= 0.6 is 0 Å². The summed E-state index contributed by atoms with van der Waals surface area (Å²) in [6, 6.07) is 9.30. The summed E-state index contributed by atoms with van der Waals surface area (Å²) in [5.74, 6) is 1.96. The normalized spacial score (nSPS) is 14.0. The van der Waals surface area contributed by atoms with Gasteiger partial charge >= 0.3 is 6.01 Å². The van der Waals surface area contributed by atoms with Crippen molar-refractivity contribution in [3.8, 4) is 5.75 Å². The molecule has 3 rings (SSSR count). The molecule has 0 radical (unpaired) electrons. The van der Waals surface area contributed by atoms with E-state index in [1.807, 2.05) is 24.3 Å². The number of anilines is 1. The van der Waals surface area contributed by atoms with Gasteiger partial charge in [0.1, 0.15) is 12.4 Å². The molecule has 1 aromatic heterocycles. The third kappa shape index (κ3) is 8.88. The number of carboxylic acid groups (broad SMARTS) is 1. The molecule has 1 fully saturated rings. The Morgan fingerprint density at radius 2 is 1.94 bits per heavy atom. The van der Waals surface area contributed by atoms with Gasteiger partial charge in [-0.2, -0.15) is 4.98 Å². The quantitative estimate of drug-likeness (QED) is 0.427. The van der Waals surface area contributed by atoms with Gasteiger partial charge < -0.3 is 25.0 Å². The molecule has 2 heterocycles. The van der Waals surface area contributed by atoms with Crippen LogP contribution in [0.5, 0.6) is 5.75 Å². The van der Waals surface area contributed by atoms with Gasteiger partial charge in [0.25, 0.3) is 6.47 Å². The SMILES string of the molecule is CC(C)c1noc(N2CCC(N(C)CCOc3ccc(CC[NH-])cc3)CC2)n1.O=CO.[W]. The van der Waals surface area contributed by atoms with Crippen LogP contribution in [0.4, 0.5) is 6.01 Å².